The number of likely N-dealkylation sites (N-methyl/N-ethyl adjacent to an activating group) is 1. The molecular weight excluding hydrogens is 206 g/mol. The van der Waals surface area contributed by atoms with Crippen molar-refractivity contribution in [1.29, 1.82) is 0 Å². The fourth-order valence-corrected chi connectivity index (χ4v) is 2.36. The highest BCUT2D eigenvalue weighted by Gasteiger charge is 2.17. The second-order valence-corrected chi connectivity index (χ2v) is 4.40. The number of hydrogen-bond acceptors (Lipinski definition) is 1. The van der Waals surface area contributed by atoms with Gasteiger partial charge in [0.15, 0.2) is 0 Å². The van der Waals surface area contributed by atoms with Crippen LogP contribution in [0.15, 0.2) is 46.7 Å². The normalized spacial score (nSPS) is 19.5. The van der Waals surface area contributed by atoms with Crippen LogP contribution in [0.3, 0.4) is 0 Å². The Hall–Kier alpha value is -1.24. The van der Waals surface area contributed by atoms with Crippen molar-refractivity contribution in [2.24, 2.45) is 0 Å². The van der Waals surface area contributed by atoms with Gasteiger partial charge in [-0.2, -0.15) is 0 Å². The lowest BCUT2D eigenvalue weighted by molar-refractivity contribution is 0.462. The van der Waals surface area contributed by atoms with Gasteiger partial charge in [0.05, 0.1) is 0 Å². The number of rotatable bonds is 1. The van der Waals surface area contributed by atoms with E-state index in [9.17, 15) is 0 Å². The van der Waals surface area contributed by atoms with E-state index >= 15 is 0 Å². The van der Waals surface area contributed by atoms with E-state index in [0.29, 0.717) is 0 Å². The first-order valence-electron chi connectivity index (χ1n) is 6.66. The molecule has 0 spiro atoms. The molecule has 0 N–H and O–H groups in total. The van der Waals surface area contributed by atoms with Crippen molar-refractivity contribution in [1.82, 2.24) is 4.90 Å². The molecule has 1 heteroatoms. The number of allylic oxidation sites excluding steroid dienone is 5. The van der Waals surface area contributed by atoms with Crippen LogP contribution in [0, 0.1) is 0 Å². The summed E-state index contributed by atoms with van der Waals surface area (Å²) < 4.78 is 0. The van der Waals surface area contributed by atoms with Crippen molar-refractivity contribution in [2.45, 2.75) is 40.5 Å². The van der Waals surface area contributed by atoms with Crippen LogP contribution in [0.2, 0.25) is 0 Å². The maximum absolute atomic E-state index is 2.38. The zero-order valence-corrected chi connectivity index (χ0v) is 11.9. The van der Waals surface area contributed by atoms with Gasteiger partial charge in [-0.05, 0) is 43.4 Å². The molecule has 0 aromatic heterocycles. The van der Waals surface area contributed by atoms with Crippen molar-refractivity contribution in [3.63, 3.8) is 0 Å². The molecule has 0 atom stereocenters. The highest BCUT2D eigenvalue weighted by Crippen LogP contribution is 2.30. The Morgan fingerprint density at radius 2 is 1.71 bits per heavy atom. The molecule has 0 saturated carbocycles. The number of hydrogen-bond donors (Lipinski definition) is 0. The predicted molar refractivity (Wildman–Crippen MR) is 76.9 cm³/mol. The number of nitrogens with zero attached hydrogens (tertiary/aromatic N) is 1. The van der Waals surface area contributed by atoms with Crippen molar-refractivity contribution >= 4 is 0 Å². The van der Waals surface area contributed by atoms with Gasteiger partial charge in [-0.1, -0.05) is 38.2 Å². The van der Waals surface area contributed by atoms with Gasteiger partial charge in [-0.25, -0.2) is 0 Å². The molecule has 0 aromatic rings. The molecule has 0 bridgehead atoms. The fraction of sp³-hybridized carbons (Fsp3) is 0.500. The molecular formula is C16H25N. The van der Waals surface area contributed by atoms with E-state index in [-0.39, 0.29) is 0 Å². The Labute approximate surface area is 106 Å². The van der Waals surface area contributed by atoms with E-state index in [0.717, 1.165) is 6.54 Å². The Morgan fingerprint density at radius 3 is 2.29 bits per heavy atom. The van der Waals surface area contributed by atoms with Crippen LogP contribution in [0.5, 0.6) is 0 Å². The van der Waals surface area contributed by atoms with E-state index in [1.165, 1.54) is 35.3 Å². The summed E-state index contributed by atoms with van der Waals surface area (Å²) in [5.41, 5.74) is 5.65. The third-order valence-electron chi connectivity index (χ3n) is 3.15. The molecule has 0 unspecified atom stereocenters. The van der Waals surface area contributed by atoms with Crippen molar-refractivity contribution in [3.05, 3.63) is 46.7 Å². The largest absolute Gasteiger partial charge is 0.370 e. The van der Waals surface area contributed by atoms with E-state index in [1.54, 1.807) is 0 Å². The molecule has 0 aromatic carbocycles. The molecule has 17 heavy (non-hydrogen) atoms. The summed E-state index contributed by atoms with van der Waals surface area (Å²) in [6.45, 7) is 9.44. The molecule has 2 rings (SSSR count). The maximum atomic E-state index is 2.38. The van der Waals surface area contributed by atoms with E-state index in [4.69, 9.17) is 0 Å². The third kappa shape index (κ3) is 3.12. The molecule has 1 nitrogen and oxygen atoms in total. The first-order valence-corrected chi connectivity index (χ1v) is 6.66. The zero-order chi connectivity index (χ0) is 12.8. The summed E-state index contributed by atoms with van der Waals surface area (Å²) in [4.78, 5) is 2.34. The Kier molecular flexibility index (Phi) is 5.27. The highest BCUT2D eigenvalue weighted by atomic mass is 15.1. The Morgan fingerprint density at radius 1 is 1.06 bits per heavy atom. The van der Waals surface area contributed by atoms with Crippen LogP contribution in [0.4, 0.5) is 0 Å². The SMILES string of the molecule is CC.CC1=CCCC=C1C1=C(C)C=CCN1C. The van der Waals surface area contributed by atoms with Crippen LogP contribution in [-0.2, 0) is 0 Å². The van der Waals surface area contributed by atoms with Crippen molar-refractivity contribution < 1.29 is 0 Å². The van der Waals surface area contributed by atoms with Gasteiger partial charge in [-0.3, -0.25) is 0 Å². The molecule has 0 saturated heterocycles. The minimum absolute atomic E-state index is 1.03. The quantitative estimate of drug-likeness (QED) is 0.644. The summed E-state index contributed by atoms with van der Waals surface area (Å²) in [5, 5.41) is 0. The molecule has 0 amide bonds. The fourth-order valence-electron chi connectivity index (χ4n) is 2.36. The van der Waals surface area contributed by atoms with E-state index in [2.05, 4.69) is 50.1 Å². The van der Waals surface area contributed by atoms with Gasteiger partial charge >= 0.3 is 0 Å². The van der Waals surface area contributed by atoms with Crippen LogP contribution < -0.4 is 0 Å². The van der Waals surface area contributed by atoms with Crippen LogP contribution >= 0.6 is 0 Å². The predicted octanol–water partition coefficient (Wildman–Crippen LogP) is 4.45. The Bertz CT molecular complexity index is 380. The summed E-state index contributed by atoms with van der Waals surface area (Å²) in [6.07, 6.45) is 11.6. The van der Waals surface area contributed by atoms with Gasteiger partial charge < -0.3 is 4.90 Å². The molecule has 1 heterocycles. The highest BCUT2D eigenvalue weighted by molar-refractivity contribution is 5.51. The minimum Gasteiger partial charge on any atom is -0.370 e. The van der Waals surface area contributed by atoms with Crippen LogP contribution in [0.25, 0.3) is 0 Å². The van der Waals surface area contributed by atoms with E-state index in [1.807, 2.05) is 13.8 Å². The van der Waals surface area contributed by atoms with Crippen LogP contribution in [0.1, 0.15) is 40.5 Å². The maximum Gasteiger partial charge on any atom is 0.0468 e. The molecule has 2 aliphatic rings. The lowest BCUT2D eigenvalue weighted by Gasteiger charge is -2.29. The second-order valence-electron chi connectivity index (χ2n) is 4.40. The zero-order valence-electron chi connectivity index (χ0n) is 11.9. The third-order valence-corrected chi connectivity index (χ3v) is 3.15. The first kappa shape index (κ1) is 13.8. The molecule has 1 aliphatic heterocycles. The smallest absolute Gasteiger partial charge is 0.0468 e. The minimum atomic E-state index is 1.03. The summed E-state index contributed by atoms with van der Waals surface area (Å²) in [6, 6.07) is 0. The molecule has 0 radical (unpaired) electrons. The molecule has 94 valence electrons. The molecule has 0 fully saturated rings. The summed E-state index contributed by atoms with van der Waals surface area (Å²) in [7, 11) is 2.17. The van der Waals surface area contributed by atoms with Crippen LogP contribution in [-0.4, -0.2) is 18.5 Å². The van der Waals surface area contributed by atoms with Crippen molar-refractivity contribution in [2.75, 3.05) is 13.6 Å². The monoisotopic (exact) mass is 231 g/mol. The average molecular weight is 231 g/mol. The molecule has 1 aliphatic carbocycles. The van der Waals surface area contributed by atoms with Gasteiger partial charge in [0.2, 0.25) is 0 Å². The first-order chi connectivity index (χ1) is 8.20. The topological polar surface area (TPSA) is 3.24 Å². The van der Waals surface area contributed by atoms with Gasteiger partial charge in [0.25, 0.3) is 0 Å². The second kappa shape index (κ2) is 6.48. The van der Waals surface area contributed by atoms with Crippen molar-refractivity contribution in [3.8, 4) is 0 Å². The van der Waals surface area contributed by atoms with Gasteiger partial charge in [0.1, 0.15) is 0 Å². The summed E-state index contributed by atoms with van der Waals surface area (Å²) in [5.74, 6) is 0. The van der Waals surface area contributed by atoms with Gasteiger partial charge in [-0.15, -0.1) is 0 Å². The standard InChI is InChI=1S/C14H19N.C2H6/c1-11-7-4-5-9-13(11)14-12(2)8-6-10-15(14)3;1-2/h6-9H,4-5,10H2,1-3H3;1-2H3. The Balaban J connectivity index is 0.000000686. The average Bonchev–Trinajstić information content (AvgIpc) is 2.34. The summed E-state index contributed by atoms with van der Waals surface area (Å²) >= 11 is 0. The van der Waals surface area contributed by atoms with E-state index < -0.39 is 0 Å². The van der Waals surface area contributed by atoms with Gasteiger partial charge in [0, 0.05) is 19.3 Å². The lowest BCUT2D eigenvalue weighted by atomic mass is 9.92. The lowest BCUT2D eigenvalue weighted by Crippen LogP contribution is -2.23.